The van der Waals surface area contributed by atoms with Crippen LogP contribution in [-0.2, 0) is 5.75 Å². The van der Waals surface area contributed by atoms with Crippen LogP contribution in [0, 0.1) is 6.92 Å². The number of rotatable bonds is 8. The van der Waals surface area contributed by atoms with Gasteiger partial charge in [0.05, 0.1) is 5.56 Å². The van der Waals surface area contributed by atoms with Crippen LogP contribution in [0.1, 0.15) is 31.5 Å². The fraction of sp³-hybridized carbons (Fsp3) is 0.190. The van der Waals surface area contributed by atoms with Gasteiger partial charge < -0.3 is 15.1 Å². The van der Waals surface area contributed by atoms with Crippen LogP contribution in [0.2, 0.25) is 0 Å². The van der Waals surface area contributed by atoms with Crippen molar-refractivity contribution in [1.29, 1.82) is 0 Å². The van der Waals surface area contributed by atoms with E-state index in [0.717, 1.165) is 20.3 Å². The van der Waals surface area contributed by atoms with Gasteiger partial charge in [-0.15, -0.1) is 10.2 Å². The summed E-state index contributed by atoms with van der Waals surface area (Å²) < 4.78 is 6.69. The minimum absolute atomic E-state index is 0.240. The van der Waals surface area contributed by atoms with E-state index < -0.39 is 0 Å². The van der Waals surface area contributed by atoms with Crippen LogP contribution in [-0.4, -0.2) is 40.1 Å². The molecule has 0 saturated heterocycles. The van der Waals surface area contributed by atoms with Gasteiger partial charge in [0.1, 0.15) is 10.6 Å². The second-order valence-electron chi connectivity index (χ2n) is 6.54. The number of pyridine rings is 1. The fourth-order valence-electron chi connectivity index (χ4n) is 2.93. The summed E-state index contributed by atoms with van der Waals surface area (Å²) in [7, 11) is 0. The average Bonchev–Trinajstić information content (AvgIpc) is 3.38. The zero-order chi connectivity index (χ0) is 21.6. The van der Waals surface area contributed by atoms with Gasteiger partial charge in [0.15, 0.2) is 10.1 Å². The molecular formula is C21H19N5O3S2. The van der Waals surface area contributed by atoms with Crippen LogP contribution >= 0.6 is 23.1 Å². The Balaban J connectivity index is 1.40. The Morgan fingerprint density at radius 2 is 1.87 bits per heavy atom. The van der Waals surface area contributed by atoms with Gasteiger partial charge in [0, 0.05) is 42.2 Å². The number of nitrogens with one attached hydrogen (secondary N) is 2. The molecule has 0 spiro atoms. The number of hydrogen-bond donors (Lipinski definition) is 2. The van der Waals surface area contributed by atoms with Crippen LogP contribution in [0.25, 0.3) is 11.0 Å². The highest BCUT2D eigenvalue weighted by Gasteiger charge is 2.21. The molecule has 0 unspecified atom stereocenters. The Bertz CT molecular complexity index is 1210. The molecule has 31 heavy (non-hydrogen) atoms. The number of benzene rings is 1. The Kier molecular flexibility index (Phi) is 6.58. The summed E-state index contributed by atoms with van der Waals surface area (Å²) in [5, 5.41) is 15.5. The average molecular weight is 454 g/mol. The maximum atomic E-state index is 12.8. The Hall–Kier alpha value is -3.24. The van der Waals surface area contributed by atoms with Crippen molar-refractivity contribution in [3.05, 3.63) is 70.7 Å². The van der Waals surface area contributed by atoms with Crippen molar-refractivity contribution in [2.75, 3.05) is 13.1 Å². The molecule has 0 atom stereocenters. The van der Waals surface area contributed by atoms with Crippen LogP contribution in [0.3, 0.4) is 0 Å². The number of para-hydroxylation sites is 1. The molecule has 4 aromatic rings. The van der Waals surface area contributed by atoms with E-state index in [1.807, 2.05) is 31.2 Å². The number of thioether (sulfide) groups is 1. The third-order valence-corrected chi connectivity index (χ3v) is 6.37. The first kappa shape index (κ1) is 21.0. The van der Waals surface area contributed by atoms with Crippen molar-refractivity contribution in [2.24, 2.45) is 0 Å². The normalized spacial score (nSPS) is 10.9. The Labute approximate surface area is 186 Å². The molecule has 0 aliphatic rings. The minimum atomic E-state index is -0.323. The van der Waals surface area contributed by atoms with Crippen molar-refractivity contribution < 1.29 is 14.0 Å². The first-order chi connectivity index (χ1) is 15.1. The van der Waals surface area contributed by atoms with Gasteiger partial charge in [0.2, 0.25) is 0 Å². The van der Waals surface area contributed by atoms with E-state index in [2.05, 4.69) is 25.8 Å². The molecule has 4 rings (SSSR count). The fourth-order valence-corrected chi connectivity index (χ4v) is 4.77. The maximum Gasteiger partial charge on any atom is 0.287 e. The molecule has 0 fully saturated rings. The maximum absolute atomic E-state index is 12.8. The summed E-state index contributed by atoms with van der Waals surface area (Å²) in [6, 6.07) is 10.9. The lowest BCUT2D eigenvalue weighted by atomic mass is 10.1. The summed E-state index contributed by atoms with van der Waals surface area (Å²) in [6.07, 6.45) is 3.10. The number of carbonyl (C=O) groups excluding carboxylic acids is 2. The lowest BCUT2D eigenvalue weighted by Crippen LogP contribution is -2.34. The molecule has 0 radical (unpaired) electrons. The molecule has 3 aromatic heterocycles. The zero-order valence-corrected chi connectivity index (χ0v) is 18.3. The van der Waals surface area contributed by atoms with Crippen LogP contribution < -0.4 is 10.6 Å². The molecule has 0 aliphatic carbocycles. The van der Waals surface area contributed by atoms with Crippen LogP contribution in [0.15, 0.2) is 57.5 Å². The summed E-state index contributed by atoms with van der Waals surface area (Å²) in [5.74, 6) is 0.242. The van der Waals surface area contributed by atoms with E-state index in [0.29, 0.717) is 16.9 Å². The van der Waals surface area contributed by atoms with E-state index in [-0.39, 0.29) is 30.7 Å². The topological polar surface area (TPSA) is 110 Å². The molecule has 2 N–H and O–H groups in total. The van der Waals surface area contributed by atoms with Gasteiger partial charge in [-0.05, 0) is 25.1 Å². The van der Waals surface area contributed by atoms with Gasteiger partial charge >= 0.3 is 0 Å². The largest absolute Gasteiger partial charge is 0.451 e. The summed E-state index contributed by atoms with van der Waals surface area (Å²) in [4.78, 5) is 28.8. The number of hydrogen-bond acceptors (Lipinski definition) is 8. The van der Waals surface area contributed by atoms with E-state index in [9.17, 15) is 9.59 Å². The summed E-state index contributed by atoms with van der Waals surface area (Å²) >= 11 is 3.03. The standard InChI is InChI=1S/C21H19N5O3S2/c1-13-25-26-21(31-13)30-12-16-15-6-2-3-7-17(15)29-18(16)20(28)24-10-9-23-19(27)14-5-4-8-22-11-14/h2-8,11H,9-10,12H2,1H3,(H,23,27)(H,24,28). The number of aromatic nitrogens is 3. The SMILES string of the molecule is Cc1nnc(SCc2c(C(=O)NCCNC(=O)c3cccnc3)oc3ccccc23)s1. The third kappa shape index (κ3) is 5.09. The first-order valence-electron chi connectivity index (χ1n) is 9.51. The van der Waals surface area contributed by atoms with E-state index >= 15 is 0 Å². The number of amides is 2. The molecule has 0 saturated carbocycles. The van der Waals surface area contributed by atoms with Crippen molar-refractivity contribution in [2.45, 2.75) is 17.0 Å². The van der Waals surface area contributed by atoms with Gasteiger partial charge in [-0.3, -0.25) is 14.6 Å². The summed E-state index contributed by atoms with van der Waals surface area (Å²) in [6.45, 7) is 2.46. The highest BCUT2D eigenvalue weighted by atomic mass is 32.2. The molecule has 2 amide bonds. The predicted octanol–water partition coefficient (Wildman–Crippen LogP) is 3.44. The molecule has 1 aromatic carbocycles. The lowest BCUT2D eigenvalue weighted by Gasteiger charge is -2.07. The molecule has 0 bridgehead atoms. The van der Waals surface area contributed by atoms with E-state index in [1.165, 1.54) is 29.3 Å². The Morgan fingerprint density at radius 3 is 2.61 bits per heavy atom. The number of furan rings is 1. The molecule has 0 aliphatic heterocycles. The highest BCUT2D eigenvalue weighted by molar-refractivity contribution is 8.00. The van der Waals surface area contributed by atoms with Gasteiger partial charge in [-0.2, -0.15) is 0 Å². The van der Waals surface area contributed by atoms with Crippen LogP contribution in [0.5, 0.6) is 0 Å². The summed E-state index contributed by atoms with van der Waals surface area (Å²) in [5.41, 5.74) is 1.93. The molecule has 3 heterocycles. The second-order valence-corrected chi connectivity index (χ2v) is 8.94. The first-order valence-corrected chi connectivity index (χ1v) is 11.3. The highest BCUT2D eigenvalue weighted by Crippen LogP contribution is 2.33. The molecule has 10 heteroatoms. The smallest absolute Gasteiger partial charge is 0.287 e. The zero-order valence-electron chi connectivity index (χ0n) is 16.6. The van der Waals surface area contributed by atoms with E-state index in [1.54, 1.807) is 18.3 Å². The Morgan fingerprint density at radius 1 is 1.06 bits per heavy atom. The molecule has 158 valence electrons. The molecule has 8 nitrogen and oxygen atoms in total. The van der Waals surface area contributed by atoms with Gasteiger partial charge in [0.25, 0.3) is 11.8 Å². The molecular weight excluding hydrogens is 434 g/mol. The predicted molar refractivity (Wildman–Crippen MR) is 119 cm³/mol. The van der Waals surface area contributed by atoms with Gasteiger partial charge in [-0.1, -0.05) is 41.3 Å². The number of fused-ring (bicyclic) bond motifs is 1. The third-order valence-electron chi connectivity index (χ3n) is 4.37. The van der Waals surface area contributed by atoms with Crippen LogP contribution in [0.4, 0.5) is 0 Å². The lowest BCUT2D eigenvalue weighted by molar-refractivity contribution is 0.0911. The van der Waals surface area contributed by atoms with E-state index in [4.69, 9.17) is 4.42 Å². The van der Waals surface area contributed by atoms with Gasteiger partial charge in [-0.25, -0.2) is 0 Å². The minimum Gasteiger partial charge on any atom is -0.451 e. The number of aryl methyl sites for hydroxylation is 1. The quantitative estimate of drug-likeness (QED) is 0.311. The number of nitrogens with zero attached hydrogens (tertiary/aromatic N) is 3. The second kappa shape index (κ2) is 9.71. The monoisotopic (exact) mass is 453 g/mol. The number of carbonyl (C=O) groups is 2. The van der Waals surface area contributed by atoms with Crippen molar-refractivity contribution in [3.8, 4) is 0 Å². The van der Waals surface area contributed by atoms with Crippen molar-refractivity contribution in [1.82, 2.24) is 25.8 Å². The van der Waals surface area contributed by atoms with Crippen molar-refractivity contribution >= 4 is 45.9 Å². The van der Waals surface area contributed by atoms with Crippen molar-refractivity contribution in [3.63, 3.8) is 0 Å².